The Morgan fingerprint density at radius 3 is 2.04 bits per heavy atom. The molecule has 0 amide bonds. The predicted molar refractivity (Wildman–Crippen MR) is 98.4 cm³/mol. The van der Waals surface area contributed by atoms with Crippen LogP contribution in [0.15, 0.2) is 78.9 Å². The summed E-state index contributed by atoms with van der Waals surface area (Å²) >= 11 is 0. The van der Waals surface area contributed by atoms with Gasteiger partial charge in [0.2, 0.25) is 0 Å². The Morgan fingerprint density at radius 1 is 0.652 bits per heavy atom. The van der Waals surface area contributed by atoms with Crippen LogP contribution < -0.4 is 0 Å². The zero-order valence-corrected chi connectivity index (χ0v) is 13.6. The monoisotopic (exact) mass is 296 g/mol. The topological polar surface area (TPSA) is 0 Å². The van der Waals surface area contributed by atoms with E-state index < -0.39 is 0 Å². The summed E-state index contributed by atoms with van der Waals surface area (Å²) in [6.45, 7) is 4.46. The molecule has 1 aliphatic carbocycles. The van der Waals surface area contributed by atoms with Gasteiger partial charge in [0.15, 0.2) is 0 Å². The summed E-state index contributed by atoms with van der Waals surface area (Å²) in [4.78, 5) is 0. The minimum Gasteiger partial charge on any atom is -0.0622 e. The van der Waals surface area contributed by atoms with Gasteiger partial charge in [0.1, 0.15) is 0 Å². The average Bonchev–Trinajstić information content (AvgIpc) is 2.90. The van der Waals surface area contributed by atoms with Crippen molar-refractivity contribution in [2.24, 2.45) is 0 Å². The van der Waals surface area contributed by atoms with Gasteiger partial charge in [-0.1, -0.05) is 91.3 Å². The van der Waals surface area contributed by atoms with E-state index in [1.54, 1.807) is 0 Å². The van der Waals surface area contributed by atoms with Crippen LogP contribution in [0.1, 0.15) is 40.7 Å². The molecule has 0 nitrogen and oxygen atoms in total. The molecule has 0 saturated heterocycles. The molecule has 3 aromatic rings. The lowest BCUT2D eigenvalue weighted by molar-refractivity contribution is 1.01. The Balaban J connectivity index is 2.00. The first-order valence-corrected chi connectivity index (χ1v) is 8.21. The molecule has 0 heteroatoms. The average molecular weight is 296 g/mol. The molecule has 0 heterocycles. The van der Waals surface area contributed by atoms with Gasteiger partial charge in [-0.15, -0.1) is 0 Å². The summed E-state index contributed by atoms with van der Waals surface area (Å²) in [5, 5.41) is 0. The standard InChI is InChI=1S/C23H20/c1-16-12-14-19(15-13-16)23-21-11-7-6-10-20(21)17(2)22(23)18-8-4-3-5-9-18/h3-15,17H,1-2H3. The summed E-state index contributed by atoms with van der Waals surface area (Å²) in [5.74, 6) is 0.421. The second-order valence-corrected chi connectivity index (χ2v) is 6.33. The molecule has 0 aliphatic heterocycles. The van der Waals surface area contributed by atoms with Crippen molar-refractivity contribution in [3.8, 4) is 0 Å². The number of hydrogen-bond donors (Lipinski definition) is 0. The van der Waals surface area contributed by atoms with Gasteiger partial charge in [-0.05, 0) is 40.3 Å². The molecule has 1 aliphatic rings. The van der Waals surface area contributed by atoms with Gasteiger partial charge in [0, 0.05) is 5.92 Å². The molecule has 0 aromatic heterocycles. The summed E-state index contributed by atoms with van der Waals surface area (Å²) in [7, 11) is 0. The first kappa shape index (κ1) is 14.0. The van der Waals surface area contributed by atoms with Crippen molar-refractivity contribution in [3.05, 3.63) is 107 Å². The number of benzene rings is 3. The van der Waals surface area contributed by atoms with Crippen LogP contribution in [0.5, 0.6) is 0 Å². The summed E-state index contributed by atoms with van der Waals surface area (Å²) in [5.41, 5.74) is 9.58. The Bertz CT molecular complexity index is 867. The van der Waals surface area contributed by atoms with Crippen LogP contribution in [-0.2, 0) is 0 Å². The van der Waals surface area contributed by atoms with E-state index in [1.807, 2.05) is 0 Å². The maximum Gasteiger partial charge on any atom is 0.00794 e. The van der Waals surface area contributed by atoms with Crippen LogP contribution in [0, 0.1) is 6.92 Å². The maximum atomic E-state index is 2.32. The zero-order valence-electron chi connectivity index (χ0n) is 13.6. The molecule has 0 fully saturated rings. The lowest BCUT2D eigenvalue weighted by Crippen LogP contribution is -1.93. The number of aryl methyl sites for hydroxylation is 1. The van der Waals surface area contributed by atoms with Gasteiger partial charge in [-0.2, -0.15) is 0 Å². The third-order valence-corrected chi connectivity index (χ3v) is 4.82. The van der Waals surface area contributed by atoms with Gasteiger partial charge < -0.3 is 0 Å². The highest BCUT2D eigenvalue weighted by molar-refractivity contribution is 6.05. The third-order valence-electron chi connectivity index (χ3n) is 4.82. The zero-order chi connectivity index (χ0) is 15.8. The first-order chi connectivity index (χ1) is 11.3. The second-order valence-electron chi connectivity index (χ2n) is 6.33. The second kappa shape index (κ2) is 5.55. The fourth-order valence-electron chi connectivity index (χ4n) is 3.66. The lowest BCUT2D eigenvalue weighted by atomic mass is 9.90. The van der Waals surface area contributed by atoms with Gasteiger partial charge in [-0.25, -0.2) is 0 Å². The van der Waals surface area contributed by atoms with E-state index in [0.717, 1.165) is 0 Å². The molecule has 0 spiro atoms. The van der Waals surface area contributed by atoms with Crippen LogP contribution >= 0.6 is 0 Å². The van der Waals surface area contributed by atoms with Gasteiger partial charge in [0.05, 0.1) is 0 Å². The van der Waals surface area contributed by atoms with Crippen LogP contribution in [0.3, 0.4) is 0 Å². The highest BCUT2D eigenvalue weighted by atomic mass is 14.3. The summed E-state index contributed by atoms with van der Waals surface area (Å²) in [6, 6.07) is 28.5. The van der Waals surface area contributed by atoms with Crippen LogP contribution in [0.2, 0.25) is 0 Å². The molecule has 4 rings (SSSR count). The highest BCUT2D eigenvalue weighted by Gasteiger charge is 2.29. The van der Waals surface area contributed by atoms with E-state index in [1.165, 1.54) is 39.0 Å². The summed E-state index contributed by atoms with van der Waals surface area (Å²) < 4.78 is 0. The number of rotatable bonds is 2. The minimum atomic E-state index is 0.421. The molecule has 1 unspecified atom stereocenters. The van der Waals surface area contributed by atoms with Crippen molar-refractivity contribution in [1.82, 2.24) is 0 Å². The lowest BCUT2D eigenvalue weighted by Gasteiger charge is -2.13. The predicted octanol–water partition coefficient (Wildman–Crippen LogP) is 6.07. The molecule has 23 heavy (non-hydrogen) atoms. The van der Waals surface area contributed by atoms with E-state index >= 15 is 0 Å². The third kappa shape index (κ3) is 2.31. The van der Waals surface area contributed by atoms with E-state index in [-0.39, 0.29) is 0 Å². The van der Waals surface area contributed by atoms with Crippen molar-refractivity contribution in [1.29, 1.82) is 0 Å². The fraction of sp³-hybridized carbons (Fsp3) is 0.130. The molecule has 0 saturated carbocycles. The van der Waals surface area contributed by atoms with Gasteiger partial charge in [-0.3, -0.25) is 0 Å². The van der Waals surface area contributed by atoms with E-state index in [0.29, 0.717) is 5.92 Å². The SMILES string of the molecule is Cc1ccc(C2=C(c3ccccc3)C(C)c3ccccc32)cc1. The van der Waals surface area contributed by atoms with E-state index in [9.17, 15) is 0 Å². The van der Waals surface area contributed by atoms with Crippen LogP contribution in [0.25, 0.3) is 11.1 Å². The largest absolute Gasteiger partial charge is 0.0622 e. The molecule has 0 radical (unpaired) electrons. The minimum absolute atomic E-state index is 0.421. The molecule has 1 atom stereocenters. The Kier molecular flexibility index (Phi) is 3.38. The van der Waals surface area contributed by atoms with Crippen molar-refractivity contribution < 1.29 is 0 Å². The smallest absolute Gasteiger partial charge is 0.00794 e. The number of allylic oxidation sites excluding steroid dienone is 1. The van der Waals surface area contributed by atoms with Gasteiger partial charge in [0.25, 0.3) is 0 Å². The number of hydrogen-bond acceptors (Lipinski definition) is 0. The molecular weight excluding hydrogens is 276 g/mol. The van der Waals surface area contributed by atoms with Crippen molar-refractivity contribution in [3.63, 3.8) is 0 Å². The molecule has 0 bridgehead atoms. The van der Waals surface area contributed by atoms with Gasteiger partial charge >= 0.3 is 0 Å². The molecule has 3 aromatic carbocycles. The summed E-state index contributed by atoms with van der Waals surface area (Å²) in [6.07, 6.45) is 0. The maximum absolute atomic E-state index is 2.32. The quantitative estimate of drug-likeness (QED) is 0.538. The fourth-order valence-corrected chi connectivity index (χ4v) is 3.66. The van der Waals surface area contributed by atoms with Crippen LogP contribution in [-0.4, -0.2) is 0 Å². The van der Waals surface area contributed by atoms with E-state index in [4.69, 9.17) is 0 Å². The molecule has 0 N–H and O–H groups in total. The molecule has 112 valence electrons. The Hall–Kier alpha value is -2.60. The van der Waals surface area contributed by atoms with Crippen molar-refractivity contribution in [2.75, 3.05) is 0 Å². The Labute approximate surface area is 138 Å². The Morgan fingerprint density at radius 2 is 1.30 bits per heavy atom. The number of fused-ring (bicyclic) bond motifs is 1. The first-order valence-electron chi connectivity index (χ1n) is 8.21. The van der Waals surface area contributed by atoms with Crippen LogP contribution in [0.4, 0.5) is 0 Å². The van der Waals surface area contributed by atoms with Crippen molar-refractivity contribution >= 4 is 11.1 Å². The highest BCUT2D eigenvalue weighted by Crippen LogP contribution is 2.49. The van der Waals surface area contributed by atoms with E-state index in [2.05, 4.69) is 92.7 Å². The molecular formula is C23H20. The van der Waals surface area contributed by atoms with Crippen molar-refractivity contribution in [2.45, 2.75) is 19.8 Å². The normalized spacial score (nSPS) is 16.5.